The van der Waals surface area contributed by atoms with Crippen molar-refractivity contribution >= 4 is 17.7 Å². The second-order valence-electron chi connectivity index (χ2n) is 4.36. The molecule has 2 N–H and O–H groups in total. The van der Waals surface area contributed by atoms with E-state index in [1.54, 1.807) is 23.9 Å². The van der Waals surface area contributed by atoms with E-state index in [4.69, 9.17) is 0 Å². The topological polar surface area (TPSA) is 41.1 Å². The van der Waals surface area contributed by atoms with Gasteiger partial charge in [-0.3, -0.25) is 4.79 Å². The van der Waals surface area contributed by atoms with Gasteiger partial charge in [-0.2, -0.15) is 11.8 Å². The van der Waals surface area contributed by atoms with E-state index in [1.807, 2.05) is 6.92 Å². The van der Waals surface area contributed by atoms with Gasteiger partial charge in [-0.1, -0.05) is 12.1 Å². The van der Waals surface area contributed by atoms with E-state index in [0.29, 0.717) is 0 Å². The van der Waals surface area contributed by atoms with Crippen molar-refractivity contribution in [2.24, 2.45) is 0 Å². The van der Waals surface area contributed by atoms with E-state index in [1.165, 1.54) is 12.1 Å². The lowest BCUT2D eigenvalue weighted by molar-refractivity contribution is -0.123. The Morgan fingerprint density at radius 3 is 2.83 bits per heavy atom. The molecule has 1 fully saturated rings. The van der Waals surface area contributed by atoms with Crippen molar-refractivity contribution in [1.29, 1.82) is 0 Å². The highest BCUT2D eigenvalue weighted by atomic mass is 32.2. The van der Waals surface area contributed by atoms with Crippen molar-refractivity contribution in [3.63, 3.8) is 0 Å². The molecule has 1 saturated heterocycles. The number of hydrogen-bond donors (Lipinski definition) is 2. The molecule has 98 valence electrons. The summed E-state index contributed by atoms with van der Waals surface area (Å²) in [5, 5.41) is 6.14. The number of hydrogen-bond acceptors (Lipinski definition) is 3. The fourth-order valence-corrected chi connectivity index (χ4v) is 2.82. The summed E-state index contributed by atoms with van der Waals surface area (Å²) in [6.45, 7) is 2.77. The zero-order chi connectivity index (χ0) is 13.0. The number of carbonyl (C=O) groups excluding carboxylic acids is 1. The van der Waals surface area contributed by atoms with Crippen LogP contribution in [0.25, 0.3) is 0 Å². The highest BCUT2D eigenvalue weighted by molar-refractivity contribution is 7.99. The summed E-state index contributed by atoms with van der Waals surface area (Å²) >= 11 is 1.78. The summed E-state index contributed by atoms with van der Waals surface area (Å²) in [5.74, 6) is 1.61. The number of halogens is 1. The van der Waals surface area contributed by atoms with Crippen LogP contribution < -0.4 is 10.6 Å². The van der Waals surface area contributed by atoms with Gasteiger partial charge in [-0.15, -0.1) is 0 Å². The number of amides is 1. The van der Waals surface area contributed by atoms with Crippen LogP contribution in [-0.2, 0) is 4.79 Å². The Balaban J connectivity index is 1.91. The molecule has 1 unspecified atom stereocenters. The molecule has 1 aromatic rings. The Morgan fingerprint density at radius 2 is 2.22 bits per heavy atom. The summed E-state index contributed by atoms with van der Waals surface area (Å²) in [6, 6.07) is 5.99. The minimum absolute atomic E-state index is 0.0130. The summed E-state index contributed by atoms with van der Waals surface area (Å²) in [6.07, 6.45) is 0. The molecule has 2 atom stereocenters. The maximum Gasteiger partial charge on any atom is 0.238 e. The molecule has 0 spiro atoms. The normalized spacial score (nSPS) is 21.3. The first kappa shape index (κ1) is 13.4. The monoisotopic (exact) mass is 268 g/mol. The first-order chi connectivity index (χ1) is 8.66. The lowest BCUT2D eigenvalue weighted by Crippen LogP contribution is -2.49. The summed E-state index contributed by atoms with van der Waals surface area (Å²) < 4.78 is 12.8. The Morgan fingerprint density at radius 1 is 1.50 bits per heavy atom. The zero-order valence-electron chi connectivity index (χ0n) is 10.3. The standard InChI is InChI=1S/C13H17FN2OS/c1-9(10-2-4-11(14)5-3-10)16-13(17)12-8-18-7-6-15-12/h2-5,9,12,15H,6-8H2,1H3,(H,16,17)/t9-,12?/m0/s1. The highest BCUT2D eigenvalue weighted by Gasteiger charge is 2.22. The van der Waals surface area contributed by atoms with E-state index in [9.17, 15) is 9.18 Å². The second kappa shape index (κ2) is 6.20. The van der Waals surface area contributed by atoms with Gasteiger partial charge in [-0.25, -0.2) is 4.39 Å². The van der Waals surface area contributed by atoms with Gasteiger partial charge in [0.15, 0.2) is 0 Å². The van der Waals surface area contributed by atoms with E-state index in [-0.39, 0.29) is 23.8 Å². The molecule has 18 heavy (non-hydrogen) atoms. The van der Waals surface area contributed by atoms with Crippen LogP contribution >= 0.6 is 11.8 Å². The van der Waals surface area contributed by atoms with Crippen molar-refractivity contribution < 1.29 is 9.18 Å². The van der Waals surface area contributed by atoms with Gasteiger partial charge in [-0.05, 0) is 24.6 Å². The van der Waals surface area contributed by atoms with E-state index in [0.717, 1.165) is 23.6 Å². The van der Waals surface area contributed by atoms with Crippen LogP contribution in [0.5, 0.6) is 0 Å². The second-order valence-corrected chi connectivity index (χ2v) is 5.51. The molecule has 3 nitrogen and oxygen atoms in total. The molecular weight excluding hydrogens is 251 g/mol. The fourth-order valence-electron chi connectivity index (χ4n) is 1.88. The van der Waals surface area contributed by atoms with E-state index < -0.39 is 0 Å². The maximum absolute atomic E-state index is 12.8. The van der Waals surface area contributed by atoms with Gasteiger partial charge >= 0.3 is 0 Å². The number of carbonyl (C=O) groups is 1. The maximum atomic E-state index is 12.8. The quantitative estimate of drug-likeness (QED) is 0.877. The van der Waals surface area contributed by atoms with Gasteiger partial charge in [0.1, 0.15) is 5.82 Å². The van der Waals surface area contributed by atoms with Crippen molar-refractivity contribution in [2.45, 2.75) is 19.0 Å². The molecule has 0 bridgehead atoms. The summed E-state index contributed by atoms with van der Waals surface area (Å²) in [4.78, 5) is 12.0. The summed E-state index contributed by atoms with van der Waals surface area (Å²) in [7, 11) is 0. The Kier molecular flexibility index (Phi) is 4.60. The summed E-state index contributed by atoms with van der Waals surface area (Å²) in [5.41, 5.74) is 0.910. The Bertz CT molecular complexity index is 404. The van der Waals surface area contributed by atoms with E-state index >= 15 is 0 Å². The molecule has 5 heteroatoms. The average molecular weight is 268 g/mol. The molecule has 1 heterocycles. The molecular formula is C13H17FN2OS. The molecule has 1 aliphatic heterocycles. The predicted molar refractivity (Wildman–Crippen MR) is 72.1 cm³/mol. The minimum atomic E-state index is -0.261. The van der Waals surface area contributed by atoms with Crippen molar-refractivity contribution in [2.75, 3.05) is 18.1 Å². The van der Waals surface area contributed by atoms with Gasteiger partial charge in [0.25, 0.3) is 0 Å². The fraction of sp³-hybridized carbons (Fsp3) is 0.462. The molecule has 1 aromatic carbocycles. The van der Waals surface area contributed by atoms with Crippen molar-refractivity contribution in [3.8, 4) is 0 Å². The molecule has 0 radical (unpaired) electrons. The lowest BCUT2D eigenvalue weighted by Gasteiger charge is -2.24. The lowest BCUT2D eigenvalue weighted by atomic mass is 10.1. The first-order valence-corrected chi connectivity index (χ1v) is 7.19. The molecule has 2 rings (SSSR count). The number of rotatable bonds is 3. The predicted octanol–water partition coefficient (Wildman–Crippen LogP) is 1.71. The smallest absolute Gasteiger partial charge is 0.238 e. The number of nitrogens with one attached hydrogen (secondary N) is 2. The highest BCUT2D eigenvalue weighted by Crippen LogP contribution is 2.14. The third kappa shape index (κ3) is 3.46. The molecule has 1 aliphatic rings. The zero-order valence-corrected chi connectivity index (χ0v) is 11.1. The van der Waals surface area contributed by atoms with Crippen molar-refractivity contribution in [1.82, 2.24) is 10.6 Å². The molecule has 0 saturated carbocycles. The molecule has 1 amide bonds. The van der Waals surface area contributed by atoms with Gasteiger partial charge in [0, 0.05) is 18.1 Å². The van der Waals surface area contributed by atoms with Gasteiger partial charge < -0.3 is 10.6 Å². The first-order valence-electron chi connectivity index (χ1n) is 6.04. The van der Waals surface area contributed by atoms with Crippen LogP contribution in [0.15, 0.2) is 24.3 Å². The SMILES string of the molecule is C[C@H](NC(=O)C1CSCCN1)c1ccc(F)cc1. The number of benzene rings is 1. The van der Waals surface area contributed by atoms with Crippen LogP contribution in [0.1, 0.15) is 18.5 Å². The van der Waals surface area contributed by atoms with Crippen LogP contribution in [0.2, 0.25) is 0 Å². The Labute approximate surface area is 111 Å². The van der Waals surface area contributed by atoms with Crippen LogP contribution in [-0.4, -0.2) is 30.0 Å². The molecule has 0 aliphatic carbocycles. The number of thioether (sulfide) groups is 1. The minimum Gasteiger partial charge on any atom is -0.348 e. The Hall–Kier alpha value is -1.07. The largest absolute Gasteiger partial charge is 0.348 e. The van der Waals surface area contributed by atoms with Gasteiger partial charge in [0.2, 0.25) is 5.91 Å². The van der Waals surface area contributed by atoms with Crippen LogP contribution in [0.3, 0.4) is 0 Å². The van der Waals surface area contributed by atoms with E-state index in [2.05, 4.69) is 10.6 Å². The molecule has 0 aromatic heterocycles. The van der Waals surface area contributed by atoms with Crippen LogP contribution in [0, 0.1) is 5.82 Å². The third-order valence-electron chi connectivity index (χ3n) is 2.97. The van der Waals surface area contributed by atoms with Crippen molar-refractivity contribution in [3.05, 3.63) is 35.6 Å². The average Bonchev–Trinajstić information content (AvgIpc) is 2.40. The van der Waals surface area contributed by atoms with Gasteiger partial charge in [0.05, 0.1) is 12.1 Å². The van der Waals surface area contributed by atoms with Crippen LogP contribution in [0.4, 0.5) is 4.39 Å². The third-order valence-corrected chi connectivity index (χ3v) is 4.03.